The van der Waals surface area contributed by atoms with Crippen LogP contribution in [0.3, 0.4) is 0 Å². The molecule has 0 bridgehead atoms. The summed E-state index contributed by atoms with van der Waals surface area (Å²) in [5.74, 6) is -0.781. The minimum absolute atomic E-state index is 0.0441. The van der Waals surface area contributed by atoms with Gasteiger partial charge in [-0.1, -0.05) is 0 Å². The predicted octanol–water partition coefficient (Wildman–Crippen LogP) is 0.694. The van der Waals surface area contributed by atoms with Crippen LogP contribution in [0.15, 0.2) is 18.2 Å². The number of hydrogen-bond acceptors (Lipinski definition) is 5. The lowest BCUT2D eigenvalue weighted by Gasteiger charge is -2.11. The van der Waals surface area contributed by atoms with Crippen molar-refractivity contribution in [3.05, 3.63) is 33.9 Å². The molecule has 0 radical (unpaired) electrons. The number of benzene rings is 1. The summed E-state index contributed by atoms with van der Waals surface area (Å²) in [4.78, 5) is 20.4. The number of nitrogens with zero attached hydrogens (tertiary/aromatic N) is 1. The fraction of sp³-hybridized carbons (Fsp3) is 0.300. The van der Waals surface area contributed by atoms with Crippen molar-refractivity contribution in [3.63, 3.8) is 0 Å². The molecule has 0 aliphatic carbocycles. The summed E-state index contributed by atoms with van der Waals surface area (Å²) in [6.45, 7) is 1.45. The molecule has 0 fully saturated rings. The van der Waals surface area contributed by atoms with Gasteiger partial charge in [0.25, 0.3) is 5.69 Å². The molecule has 7 heteroatoms. The normalized spacial score (nSPS) is 11.9. The minimum atomic E-state index is -1.16. The van der Waals surface area contributed by atoms with E-state index in [0.717, 1.165) is 0 Å². The third-order valence-corrected chi connectivity index (χ3v) is 2.10. The Kier molecular flexibility index (Phi) is 4.00. The molecule has 1 rings (SSSR count). The van der Waals surface area contributed by atoms with Crippen LogP contribution in [0.5, 0.6) is 5.75 Å². The van der Waals surface area contributed by atoms with Crippen molar-refractivity contribution in [3.8, 4) is 5.75 Å². The topological polar surface area (TPSA) is 116 Å². The van der Waals surface area contributed by atoms with Crippen molar-refractivity contribution in [1.29, 1.82) is 0 Å². The molecule has 17 heavy (non-hydrogen) atoms. The summed E-state index contributed by atoms with van der Waals surface area (Å²) in [6, 6.07) is 2.93. The molecule has 0 amide bonds. The van der Waals surface area contributed by atoms with Gasteiger partial charge < -0.3 is 15.6 Å². The van der Waals surface area contributed by atoms with Crippen LogP contribution in [-0.4, -0.2) is 28.6 Å². The number of aryl methyl sites for hydroxylation is 1. The number of carboxylic acids is 1. The average Bonchev–Trinajstić information content (AvgIpc) is 2.26. The van der Waals surface area contributed by atoms with Crippen molar-refractivity contribution >= 4 is 11.7 Å². The van der Waals surface area contributed by atoms with Crippen LogP contribution in [0.1, 0.15) is 5.56 Å². The van der Waals surface area contributed by atoms with Gasteiger partial charge >= 0.3 is 5.97 Å². The van der Waals surface area contributed by atoms with Crippen LogP contribution in [0, 0.1) is 17.0 Å². The minimum Gasteiger partial charge on any atom is -0.491 e. The molecule has 1 aromatic carbocycles. The van der Waals surface area contributed by atoms with Crippen molar-refractivity contribution in [2.75, 3.05) is 6.61 Å². The molecule has 3 N–H and O–H groups in total. The second-order valence-corrected chi connectivity index (χ2v) is 3.46. The molecule has 0 aliphatic rings. The summed E-state index contributed by atoms with van der Waals surface area (Å²) in [7, 11) is 0. The first-order chi connectivity index (χ1) is 7.91. The standard InChI is InChI=1S/C10H12N2O5/c1-6-4-7(12(15)16)2-3-9(6)17-5-8(11)10(13)14/h2-4,8H,5,11H2,1H3,(H,13,14). The monoisotopic (exact) mass is 240 g/mol. The fourth-order valence-electron chi connectivity index (χ4n) is 1.16. The lowest BCUT2D eigenvalue weighted by atomic mass is 10.2. The van der Waals surface area contributed by atoms with E-state index < -0.39 is 16.9 Å². The lowest BCUT2D eigenvalue weighted by molar-refractivity contribution is -0.384. The molecular weight excluding hydrogens is 228 g/mol. The quantitative estimate of drug-likeness (QED) is 0.578. The molecule has 1 unspecified atom stereocenters. The molecular formula is C10H12N2O5. The summed E-state index contributed by atoms with van der Waals surface area (Å²) in [5.41, 5.74) is 5.77. The number of rotatable bonds is 5. The van der Waals surface area contributed by atoms with Gasteiger partial charge in [-0.25, -0.2) is 0 Å². The first-order valence-electron chi connectivity index (χ1n) is 4.78. The number of carboxylic acid groups (broad SMARTS) is 1. The summed E-state index contributed by atoms with van der Waals surface area (Å²) in [5, 5.41) is 19.0. The van der Waals surface area contributed by atoms with Crippen LogP contribution < -0.4 is 10.5 Å². The van der Waals surface area contributed by atoms with Crippen molar-refractivity contribution in [2.24, 2.45) is 5.73 Å². The zero-order chi connectivity index (χ0) is 13.0. The summed E-state index contributed by atoms with van der Waals surface area (Å²) in [6.07, 6.45) is 0. The van der Waals surface area contributed by atoms with Gasteiger partial charge in [0.1, 0.15) is 18.4 Å². The highest BCUT2D eigenvalue weighted by molar-refractivity contribution is 5.73. The molecule has 1 atom stereocenters. The van der Waals surface area contributed by atoms with Crippen LogP contribution in [-0.2, 0) is 4.79 Å². The number of nitro groups is 1. The van der Waals surface area contributed by atoms with Crippen LogP contribution in [0.4, 0.5) is 5.69 Å². The Morgan fingerprint density at radius 1 is 1.65 bits per heavy atom. The highest BCUT2D eigenvalue weighted by Crippen LogP contribution is 2.23. The van der Waals surface area contributed by atoms with Gasteiger partial charge in [-0.2, -0.15) is 0 Å². The van der Waals surface area contributed by atoms with E-state index in [9.17, 15) is 14.9 Å². The third-order valence-electron chi connectivity index (χ3n) is 2.10. The van der Waals surface area contributed by atoms with Gasteiger partial charge in [0.05, 0.1) is 4.92 Å². The highest BCUT2D eigenvalue weighted by Gasteiger charge is 2.14. The molecule has 0 aliphatic heterocycles. The number of nitro benzene ring substituents is 1. The Morgan fingerprint density at radius 3 is 2.76 bits per heavy atom. The van der Waals surface area contributed by atoms with E-state index >= 15 is 0 Å². The second kappa shape index (κ2) is 5.26. The maximum Gasteiger partial charge on any atom is 0.324 e. The summed E-state index contributed by atoms with van der Waals surface area (Å²) >= 11 is 0. The van der Waals surface area contributed by atoms with Crippen LogP contribution in [0.2, 0.25) is 0 Å². The van der Waals surface area contributed by atoms with Gasteiger partial charge in [0.2, 0.25) is 0 Å². The van der Waals surface area contributed by atoms with Gasteiger partial charge in [-0.15, -0.1) is 0 Å². The maximum atomic E-state index is 10.5. The number of nitrogens with two attached hydrogens (primary N) is 1. The largest absolute Gasteiger partial charge is 0.491 e. The fourth-order valence-corrected chi connectivity index (χ4v) is 1.16. The van der Waals surface area contributed by atoms with E-state index in [2.05, 4.69) is 0 Å². The Morgan fingerprint density at radius 2 is 2.29 bits per heavy atom. The number of aliphatic carboxylic acids is 1. The van der Waals surface area contributed by atoms with Gasteiger partial charge in [-0.3, -0.25) is 14.9 Å². The number of non-ortho nitro benzene ring substituents is 1. The Bertz CT molecular complexity index is 446. The summed E-state index contributed by atoms with van der Waals surface area (Å²) < 4.78 is 5.17. The molecule has 92 valence electrons. The molecule has 7 nitrogen and oxygen atoms in total. The SMILES string of the molecule is Cc1cc([N+](=O)[O-])ccc1OCC(N)C(=O)O. The van der Waals surface area contributed by atoms with Crippen molar-refractivity contribution in [2.45, 2.75) is 13.0 Å². The number of hydrogen-bond donors (Lipinski definition) is 2. The van der Waals surface area contributed by atoms with Crippen LogP contribution >= 0.6 is 0 Å². The molecule has 0 saturated carbocycles. The highest BCUT2D eigenvalue weighted by atomic mass is 16.6. The smallest absolute Gasteiger partial charge is 0.324 e. The van der Waals surface area contributed by atoms with Crippen molar-refractivity contribution < 1.29 is 19.6 Å². The van der Waals surface area contributed by atoms with Crippen molar-refractivity contribution in [1.82, 2.24) is 0 Å². The molecule has 1 aromatic rings. The van der Waals surface area contributed by atoms with Gasteiger partial charge in [0.15, 0.2) is 0 Å². The van der Waals surface area contributed by atoms with E-state index in [1.165, 1.54) is 18.2 Å². The number of ether oxygens (including phenoxy) is 1. The second-order valence-electron chi connectivity index (χ2n) is 3.46. The first-order valence-corrected chi connectivity index (χ1v) is 4.78. The molecule has 0 saturated heterocycles. The molecule has 0 heterocycles. The zero-order valence-electron chi connectivity index (χ0n) is 9.12. The van der Waals surface area contributed by atoms with Crippen LogP contribution in [0.25, 0.3) is 0 Å². The maximum absolute atomic E-state index is 10.5. The van der Waals surface area contributed by atoms with E-state index in [-0.39, 0.29) is 12.3 Å². The lowest BCUT2D eigenvalue weighted by Crippen LogP contribution is -2.36. The van der Waals surface area contributed by atoms with E-state index in [4.69, 9.17) is 15.6 Å². The molecule has 0 spiro atoms. The van der Waals surface area contributed by atoms with E-state index in [0.29, 0.717) is 11.3 Å². The van der Waals surface area contributed by atoms with E-state index in [1.807, 2.05) is 0 Å². The predicted molar refractivity (Wildman–Crippen MR) is 58.9 cm³/mol. The number of carbonyl (C=O) groups is 1. The zero-order valence-corrected chi connectivity index (χ0v) is 9.12. The average molecular weight is 240 g/mol. The van der Waals surface area contributed by atoms with E-state index in [1.54, 1.807) is 6.92 Å². The first kappa shape index (κ1) is 12.9. The molecule has 0 aromatic heterocycles. The Hall–Kier alpha value is -2.15. The Balaban J connectivity index is 2.73. The van der Waals surface area contributed by atoms with Gasteiger partial charge in [-0.05, 0) is 18.6 Å². The van der Waals surface area contributed by atoms with Gasteiger partial charge in [0, 0.05) is 12.1 Å². The Labute approximate surface area is 97.0 Å². The third kappa shape index (κ3) is 3.42.